The number of anilines is 1. The molecule has 0 fully saturated rings. The molecule has 13 heavy (non-hydrogen) atoms. The zero-order valence-corrected chi connectivity index (χ0v) is 8.67. The molecule has 0 aromatic carbocycles. The highest BCUT2D eigenvalue weighted by Gasteiger charge is 2.07. The Hall–Kier alpha value is -1.10. The molecule has 0 atom stereocenters. The van der Waals surface area contributed by atoms with Gasteiger partial charge in [-0.15, -0.1) is 0 Å². The van der Waals surface area contributed by atoms with Gasteiger partial charge in [0.05, 0.1) is 4.90 Å². The van der Waals surface area contributed by atoms with Crippen LogP contribution < -0.4 is 4.90 Å². The van der Waals surface area contributed by atoms with Crippen molar-refractivity contribution in [3.8, 4) is 0 Å². The fourth-order valence-corrected chi connectivity index (χ4v) is 1.42. The molecular formula is C8H12N2O2S. The lowest BCUT2D eigenvalue weighted by molar-refractivity contribution is 0.601. The van der Waals surface area contributed by atoms with E-state index >= 15 is 0 Å². The Morgan fingerprint density at radius 2 is 1.92 bits per heavy atom. The van der Waals surface area contributed by atoms with Crippen molar-refractivity contribution in [2.75, 3.05) is 25.3 Å². The van der Waals surface area contributed by atoms with Crippen LogP contribution in [0, 0.1) is 0 Å². The van der Waals surface area contributed by atoms with E-state index in [-0.39, 0.29) is 4.90 Å². The van der Waals surface area contributed by atoms with Gasteiger partial charge in [-0.25, -0.2) is 13.4 Å². The van der Waals surface area contributed by atoms with Crippen LogP contribution in [0.25, 0.3) is 0 Å². The summed E-state index contributed by atoms with van der Waals surface area (Å²) >= 11 is 0. The van der Waals surface area contributed by atoms with Gasteiger partial charge in [0, 0.05) is 26.5 Å². The normalized spacial score (nSPS) is 11.3. The molecule has 1 heterocycles. The zero-order chi connectivity index (χ0) is 10.1. The third kappa shape index (κ3) is 2.42. The highest BCUT2D eigenvalue weighted by molar-refractivity contribution is 7.90. The second kappa shape index (κ2) is 3.33. The Morgan fingerprint density at radius 1 is 1.31 bits per heavy atom. The van der Waals surface area contributed by atoms with Crippen molar-refractivity contribution in [3.05, 3.63) is 18.3 Å². The van der Waals surface area contributed by atoms with Crippen LogP contribution in [0.15, 0.2) is 23.2 Å². The van der Waals surface area contributed by atoms with E-state index < -0.39 is 9.84 Å². The SMILES string of the molecule is CN(C)c1ccc(S(C)(=O)=O)cn1. The van der Waals surface area contributed by atoms with E-state index in [1.165, 1.54) is 12.5 Å². The number of hydrogen-bond acceptors (Lipinski definition) is 4. The first-order chi connectivity index (χ1) is 5.91. The molecule has 0 aliphatic carbocycles. The zero-order valence-electron chi connectivity index (χ0n) is 7.85. The first-order valence-corrected chi connectivity index (χ1v) is 5.64. The summed E-state index contributed by atoms with van der Waals surface area (Å²) in [5.41, 5.74) is 0. The maximum absolute atomic E-state index is 11.1. The first kappa shape index (κ1) is 9.98. The van der Waals surface area contributed by atoms with Crippen molar-refractivity contribution in [2.24, 2.45) is 0 Å². The van der Waals surface area contributed by atoms with Gasteiger partial charge >= 0.3 is 0 Å². The van der Waals surface area contributed by atoms with Gasteiger partial charge in [-0.3, -0.25) is 0 Å². The van der Waals surface area contributed by atoms with Gasteiger partial charge < -0.3 is 4.90 Å². The number of sulfone groups is 1. The lowest BCUT2D eigenvalue weighted by Crippen LogP contribution is -2.10. The summed E-state index contributed by atoms with van der Waals surface area (Å²) in [6.07, 6.45) is 2.53. The summed E-state index contributed by atoms with van der Waals surface area (Å²) < 4.78 is 22.1. The molecule has 72 valence electrons. The molecule has 0 spiro atoms. The Bertz CT molecular complexity index is 381. The van der Waals surface area contributed by atoms with E-state index in [0.717, 1.165) is 5.82 Å². The number of pyridine rings is 1. The number of nitrogens with zero attached hydrogens (tertiary/aromatic N) is 2. The molecule has 0 saturated carbocycles. The second-order valence-electron chi connectivity index (χ2n) is 3.02. The van der Waals surface area contributed by atoms with Gasteiger partial charge in [0.25, 0.3) is 0 Å². The van der Waals surface area contributed by atoms with E-state index in [1.54, 1.807) is 12.1 Å². The van der Waals surface area contributed by atoms with Crippen molar-refractivity contribution in [2.45, 2.75) is 4.90 Å². The fraction of sp³-hybridized carbons (Fsp3) is 0.375. The molecule has 0 unspecified atom stereocenters. The molecule has 1 aromatic rings. The van der Waals surface area contributed by atoms with Gasteiger partial charge in [0.15, 0.2) is 9.84 Å². The molecule has 0 saturated heterocycles. The minimum Gasteiger partial charge on any atom is -0.363 e. The van der Waals surface area contributed by atoms with Gasteiger partial charge in [-0.1, -0.05) is 0 Å². The third-order valence-corrected chi connectivity index (χ3v) is 2.70. The van der Waals surface area contributed by atoms with Crippen LogP contribution >= 0.6 is 0 Å². The molecule has 0 aliphatic heterocycles. The third-order valence-electron chi connectivity index (χ3n) is 1.61. The first-order valence-electron chi connectivity index (χ1n) is 3.74. The highest BCUT2D eigenvalue weighted by atomic mass is 32.2. The summed E-state index contributed by atoms with van der Waals surface area (Å²) in [6, 6.07) is 3.23. The van der Waals surface area contributed by atoms with Crippen molar-refractivity contribution in [3.63, 3.8) is 0 Å². The monoisotopic (exact) mass is 200 g/mol. The van der Waals surface area contributed by atoms with Crippen molar-refractivity contribution in [1.29, 1.82) is 0 Å². The predicted molar refractivity (Wildman–Crippen MR) is 51.7 cm³/mol. The minimum absolute atomic E-state index is 0.248. The van der Waals surface area contributed by atoms with Crippen LogP contribution in [0.2, 0.25) is 0 Å². The van der Waals surface area contributed by atoms with Crippen LogP contribution in [-0.4, -0.2) is 33.8 Å². The van der Waals surface area contributed by atoms with Crippen LogP contribution in [0.4, 0.5) is 5.82 Å². The average Bonchev–Trinajstić information content (AvgIpc) is 2.03. The summed E-state index contributed by atoms with van der Waals surface area (Å²) in [7, 11) is 0.573. The second-order valence-corrected chi connectivity index (χ2v) is 5.03. The molecule has 1 aromatic heterocycles. The predicted octanol–water partition coefficient (Wildman–Crippen LogP) is 0.551. The largest absolute Gasteiger partial charge is 0.363 e. The van der Waals surface area contributed by atoms with Crippen molar-refractivity contribution < 1.29 is 8.42 Å². The maximum atomic E-state index is 11.1. The number of rotatable bonds is 2. The molecular weight excluding hydrogens is 188 g/mol. The molecule has 5 heteroatoms. The van der Waals surface area contributed by atoms with Gasteiger partial charge in [-0.05, 0) is 12.1 Å². The Labute approximate surface area is 78.1 Å². The Morgan fingerprint density at radius 3 is 2.23 bits per heavy atom. The summed E-state index contributed by atoms with van der Waals surface area (Å²) in [5, 5.41) is 0. The van der Waals surface area contributed by atoms with Gasteiger partial charge in [-0.2, -0.15) is 0 Å². The maximum Gasteiger partial charge on any atom is 0.177 e. The van der Waals surface area contributed by atoms with Gasteiger partial charge in [0.1, 0.15) is 5.82 Å². The lowest BCUT2D eigenvalue weighted by atomic mass is 10.4. The standard InChI is InChI=1S/C8H12N2O2S/c1-10(2)8-5-4-7(6-9-8)13(3,11)12/h4-6H,1-3H3. The van der Waals surface area contributed by atoms with Crippen LogP contribution in [0.1, 0.15) is 0 Å². The molecule has 0 N–H and O–H groups in total. The molecule has 1 rings (SSSR count). The average molecular weight is 200 g/mol. The van der Waals surface area contributed by atoms with E-state index in [1.807, 2.05) is 19.0 Å². The molecule has 0 radical (unpaired) electrons. The summed E-state index contributed by atoms with van der Waals surface area (Å²) in [6.45, 7) is 0. The molecule has 0 bridgehead atoms. The van der Waals surface area contributed by atoms with E-state index in [0.29, 0.717) is 0 Å². The van der Waals surface area contributed by atoms with Gasteiger partial charge in [0.2, 0.25) is 0 Å². The fourth-order valence-electron chi connectivity index (χ4n) is 0.856. The Balaban J connectivity index is 3.08. The quantitative estimate of drug-likeness (QED) is 0.699. The Kier molecular flexibility index (Phi) is 2.56. The number of hydrogen-bond donors (Lipinski definition) is 0. The van der Waals surface area contributed by atoms with E-state index in [2.05, 4.69) is 4.98 Å². The smallest absolute Gasteiger partial charge is 0.177 e. The van der Waals surface area contributed by atoms with E-state index in [9.17, 15) is 8.42 Å². The summed E-state index contributed by atoms with van der Waals surface area (Å²) in [4.78, 5) is 6.05. The lowest BCUT2D eigenvalue weighted by Gasteiger charge is -2.10. The van der Waals surface area contributed by atoms with Crippen LogP contribution in [-0.2, 0) is 9.84 Å². The summed E-state index contributed by atoms with van der Waals surface area (Å²) in [5.74, 6) is 0.743. The van der Waals surface area contributed by atoms with Crippen LogP contribution in [0.5, 0.6) is 0 Å². The van der Waals surface area contributed by atoms with Crippen molar-refractivity contribution >= 4 is 15.7 Å². The number of aromatic nitrogens is 1. The van der Waals surface area contributed by atoms with Crippen LogP contribution in [0.3, 0.4) is 0 Å². The molecule has 0 amide bonds. The topological polar surface area (TPSA) is 50.3 Å². The van der Waals surface area contributed by atoms with E-state index in [4.69, 9.17) is 0 Å². The molecule has 0 aliphatic rings. The molecule has 4 nitrogen and oxygen atoms in total. The minimum atomic E-state index is -3.13. The highest BCUT2D eigenvalue weighted by Crippen LogP contribution is 2.11. The van der Waals surface area contributed by atoms with Crippen molar-refractivity contribution in [1.82, 2.24) is 4.98 Å².